The summed E-state index contributed by atoms with van der Waals surface area (Å²) in [6.07, 6.45) is 4.35. The van der Waals surface area contributed by atoms with Crippen LogP contribution in [0, 0.1) is 18.8 Å². The third-order valence-corrected chi connectivity index (χ3v) is 4.61. The Morgan fingerprint density at radius 2 is 2.17 bits per heavy atom. The maximum atomic E-state index is 12.8. The van der Waals surface area contributed by atoms with E-state index < -0.39 is 0 Å². The van der Waals surface area contributed by atoms with Crippen LogP contribution in [0.2, 0.25) is 0 Å². The number of rotatable bonds is 5. The number of nitrogens with zero attached hydrogens (tertiary/aromatic N) is 4. The summed E-state index contributed by atoms with van der Waals surface area (Å²) < 4.78 is 12.9. The number of aryl methyl sites for hydroxylation is 1. The zero-order valence-corrected chi connectivity index (χ0v) is 13.9. The van der Waals surface area contributed by atoms with Crippen molar-refractivity contribution in [3.05, 3.63) is 35.5 Å². The lowest BCUT2D eigenvalue weighted by atomic mass is 10.1. The minimum Gasteiger partial charge on any atom is -0.381 e. The highest BCUT2D eigenvalue weighted by Gasteiger charge is 2.28. The molecule has 7 nitrogen and oxygen atoms in total. The van der Waals surface area contributed by atoms with Gasteiger partial charge in [-0.3, -0.25) is 9.48 Å². The van der Waals surface area contributed by atoms with Crippen LogP contribution in [0.15, 0.2) is 22.9 Å². The van der Waals surface area contributed by atoms with Crippen molar-refractivity contribution in [2.45, 2.75) is 32.9 Å². The van der Waals surface area contributed by atoms with Gasteiger partial charge in [0, 0.05) is 37.9 Å². The molecule has 0 unspecified atom stereocenters. The molecule has 0 bridgehead atoms. The van der Waals surface area contributed by atoms with Crippen molar-refractivity contribution in [3.8, 4) is 0 Å². The minimum atomic E-state index is -0.103. The van der Waals surface area contributed by atoms with Crippen molar-refractivity contribution >= 4 is 5.91 Å². The maximum Gasteiger partial charge on any atom is 0.276 e. The van der Waals surface area contributed by atoms with E-state index in [0.29, 0.717) is 31.2 Å². The van der Waals surface area contributed by atoms with Crippen molar-refractivity contribution in [2.24, 2.45) is 11.8 Å². The van der Waals surface area contributed by atoms with Crippen LogP contribution >= 0.6 is 0 Å². The molecule has 7 heteroatoms. The van der Waals surface area contributed by atoms with Crippen LogP contribution in [0.1, 0.15) is 34.8 Å². The Kier molecular flexibility index (Phi) is 4.10. The molecule has 0 aromatic carbocycles. The number of fused-ring (bicyclic) bond motifs is 1. The number of aromatic nitrogens is 3. The third-order valence-electron chi connectivity index (χ3n) is 4.61. The second-order valence-electron chi connectivity index (χ2n) is 6.86. The molecule has 1 fully saturated rings. The molecule has 1 amide bonds. The molecule has 0 N–H and O–H groups in total. The molecule has 24 heavy (non-hydrogen) atoms. The fourth-order valence-electron chi connectivity index (χ4n) is 3.11. The minimum absolute atomic E-state index is 0.103. The Hall–Kier alpha value is -2.15. The Morgan fingerprint density at radius 1 is 1.33 bits per heavy atom. The quantitative estimate of drug-likeness (QED) is 0.837. The normalized spacial score (nSPS) is 20.7. The van der Waals surface area contributed by atoms with Crippen LogP contribution < -0.4 is 0 Å². The van der Waals surface area contributed by atoms with Gasteiger partial charge in [-0.25, -0.2) is 0 Å². The molecule has 1 atom stereocenters. The highest BCUT2D eigenvalue weighted by Crippen LogP contribution is 2.29. The van der Waals surface area contributed by atoms with Crippen LogP contribution in [0.3, 0.4) is 0 Å². The number of carbonyl (C=O) groups excluding carboxylic acids is 1. The average molecular weight is 330 g/mol. The van der Waals surface area contributed by atoms with E-state index in [1.54, 1.807) is 19.2 Å². The molecule has 3 heterocycles. The standard InChI is InChI=1S/C17H22N4O3/c1-12-6-16(19-24-12)17(22)20-7-14(11-23-10-13-2-3-13)8-21-15(9-20)4-5-18-21/h4-6,13-14H,2-3,7-11H2,1H3/t14-/m1/s1. The SMILES string of the molecule is Cc1cc(C(=O)N2Cc3ccnn3C[C@H](COCC3CC3)C2)no1. The first-order valence-electron chi connectivity index (χ1n) is 8.50. The molecule has 0 radical (unpaired) electrons. The zero-order valence-electron chi connectivity index (χ0n) is 13.9. The summed E-state index contributed by atoms with van der Waals surface area (Å²) in [5.74, 6) is 1.50. The predicted molar refractivity (Wildman–Crippen MR) is 85.2 cm³/mol. The summed E-state index contributed by atoms with van der Waals surface area (Å²) in [6.45, 7) is 5.21. The first-order valence-corrected chi connectivity index (χ1v) is 8.50. The van der Waals surface area contributed by atoms with E-state index in [1.807, 2.05) is 15.6 Å². The largest absolute Gasteiger partial charge is 0.381 e. The molecule has 2 aromatic rings. The zero-order chi connectivity index (χ0) is 16.5. The topological polar surface area (TPSA) is 73.4 Å². The number of amides is 1. The van der Waals surface area contributed by atoms with Gasteiger partial charge in [0.2, 0.25) is 0 Å². The van der Waals surface area contributed by atoms with Crippen molar-refractivity contribution < 1.29 is 14.1 Å². The van der Waals surface area contributed by atoms with Gasteiger partial charge in [-0.2, -0.15) is 5.10 Å². The second kappa shape index (κ2) is 6.39. The number of ether oxygens (including phenoxy) is 1. The first-order chi connectivity index (χ1) is 11.7. The van der Waals surface area contributed by atoms with Gasteiger partial charge in [0.15, 0.2) is 5.69 Å². The molecular weight excluding hydrogens is 308 g/mol. The summed E-state index contributed by atoms with van der Waals surface area (Å²) in [5, 5.41) is 8.25. The van der Waals surface area contributed by atoms with Crippen LogP contribution in [0.25, 0.3) is 0 Å². The van der Waals surface area contributed by atoms with Crippen LogP contribution in [0.5, 0.6) is 0 Å². The first kappa shape index (κ1) is 15.4. The van der Waals surface area contributed by atoms with Gasteiger partial charge in [-0.1, -0.05) is 5.16 Å². The number of hydrogen-bond acceptors (Lipinski definition) is 5. The lowest BCUT2D eigenvalue weighted by Gasteiger charge is -2.23. The molecule has 2 aliphatic rings. The number of carbonyl (C=O) groups is 1. The molecule has 1 saturated carbocycles. The molecular formula is C17H22N4O3. The summed E-state index contributed by atoms with van der Waals surface area (Å²) in [4.78, 5) is 14.6. The predicted octanol–water partition coefficient (Wildman–Crippen LogP) is 1.88. The number of hydrogen-bond donors (Lipinski definition) is 0. The van der Waals surface area contributed by atoms with E-state index >= 15 is 0 Å². The van der Waals surface area contributed by atoms with Crippen molar-refractivity contribution in [1.82, 2.24) is 19.8 Å². The maximum absolute atomic E-state index is 12.8. The van der Waals surface area contributed by atoms with E-state index in [1.165, 1.54) is 12.8 Å². The fourth-order valence-corrected chi connectivity index (χ4v) is 3.11. The van der Waals surface area contributed by atoms with Gasteiger partial charge in [-0.05, 0) is 31.7 Å². The summed E-state index contributed by atoms with van der Waals surface area (Å²) in [6, 6.07) is 3.64. The smallest absolute Gasteiger partial charge is 0.276 e. The monoisotopic (exact) mass is 330 g/mol. The van der Waals surface area contributed by atoms with Gasteiger partial charge >= 0.3 is 0 Å². The summed E-state index contributed by atoms with van der Waals surface area (Å²) in [7, 11) is 0. The summed E-state index contributed by atoms with van der Waals surface area (Å²) in [5.41, 5.74) is 1.39. The van der Waals surface area contributed by atoms with Gasteiger partial charge < -0.3 is 14.2 Å². The molecule has 1 aliphatic carbocycles. The van der Waals surface area contributed by atoms with E-state index in [-0.39, 0.29) is 11.8 Å². The van der Waals surface area contributed by atoms with Crippen LogP contribution in [-0.2, 0) is 17.8 Å². The molecule has 128 valence electrons. The highest BCUT2D eigenvalue weighted by atomic mass is 16.5. The molecule has 1 aliphatic heterocycles. The van der Waals surface area contributed by atoms with Gasteiger partial charge in [-0.15, -0.1) is 0 Å². The fraction of sp³-hybridized carbons (Fsp3) is 0.588. The van der Waals surface area contributed by atoms with E-state index in [4.69, 9.17) is 9.26 Å². The van der Waals surface area contributed by atoms with E-state index in [2.05, 4.69) is 10.3 Å². The average Bonchev–Trinajstić information content (AvgIpc) is 3.19. The Morgan fingerprint density at radius 3 is 2.92 bits per heavy atom. The lowest BCUT2D eigenvalue weighted by Crippen LogP contribution is -2.35. The van der Waals surface area contributed by atoms with E-state index in [9.17, 15) is 4.79 Å². The Balaban J connectivity index is 1.48. The van der Waals surface area contributed by atoms with Crippen LogP contribution in [-0.4, -0.2) is 45.5 Å². The third kappa shape index (κ3) is 3.36. The van der Waals surface area contributed by atoms with Crippen molar-refractivity contribution in [3.63, 3.8) is 0 Å². The van der Waals surface area contributed by atoms with E-state index in [0.717, 1.165) is 24.8 Å². The van der Waals surface area contributed by atoms with Gasteiger partial charge in [0.1, 0.15) is 5.76 Å². The van der Waals surface area contributed by atoms with Crippen molar-refractivity contribution in [1.29, 1.82) is 0 Å². The molecule has 0 saturated heterocycles. The lowest BCUT2D eigenvalue weighted by molar-refractivity contribution is 0.0561. The highest BCUT2D eigenvalue weighted by molar-refractivity contribution is 5.92. The van der Waals surface area contributed by atoms with Gasteiger partial charge in [0.05, 0.1) is 18.8 Å². The Bertz CT molecular complexity index is 719. The van der Waals surface area contributed by atoms with Crippen molar-refractivity contribution in [2.75, 3.05) is 19.8 Å². The second-order valence-corrected chi connectivity index (χ2v) is 6.86. The summed E-state index contributed by atoms with van der Waals surface area (Å²) >= 11 is 0. The Labute approximate surface area is 140 Å². The molecule has 2 aromatic heterocycles. The van der Waals surface area contributed by atoms with Gasteiger partial charge in [0.25, 0.3) is 5.91 Å². The molecule has 0 spiro atoms. The molecule has 4 rings (SSSR count). The van der Waals surface area contributed by atoms with Crippen LogP contribution in [0.4, 0.5) is 0 Å².